The first-order valence-corrected chi connectivity index (χ1v) is 4.40. The van der Waals surface area contributed by atoms with Gasteiger partial charge in [-0.3, -0.25) is 4.79 Å². The molecule has 0 unspecified atom stereocenters. The third-order valence-electron chi connectivity index (χ3n) is 1.62. The number of nitroso groups, excluding NO2 is 1. The van der Waals surface area contributed by atoms with Crippen LogP contribution in [-0.4, -0.2) is 13.0 Å². The van der Waals surface area contributed by atoms with Crippen molar-refractivity contribution in [3.63, 3.8) is 0 Å². The topological polar surface area (TPSA) is 81.8 Å². The van der Waals surface area contributed by atoms with Crippen LogP contribution in [0.5, 0.6) is 5.75 Å². The Bertz CT molecular complexity index is 392. The maximum absolute atomic E-state index is 10.9. The van der Waals surface area contributed by atoms with Gasteiger partial charge in [0.05, 0.1) is 11.6 Å². The van der Waals surface area contributed by atoms with Crippen molar-refractivity contribution < 1.29 is 9.53 Å². The molecular weight excluding hydrogens is 252 g/mol. The number of carbonyl (C=O) groups excluding carboxylic acids is 1. The van der Waals surface area contributed by atoms with Crippen LogP contribution in [-0.2, 0) is 0 Å². The van der Waals surface area contributed by atoms with Gasteiger partial charge in [-0.15, -0.1) is 4.91 Å². The summed E-state index contributed by atoms with van der Waals surface area (Å²) in [5.74, 6) is -0.385. The highest BCUT2D eigenvalue weighted by atomic mass is 79.9. The van der Waals surface area contributed by atoms with Crippen molar-refractivity contribution in [2.24, 2.45) is 10.9 Å². The molecule has 0 aliphatic heterocycles. The van der Waals surface area contributed by atoms with Crippen molar-refractivity contribution in [3.8, 4) is 5.75 Å². The second kappa shape index (κ2) is 4.19. The predicted molar refractivity (Wildman–Crippen MR) is 54.7 cm³/mol. The molecule has 14 heavy (non-hydrogen) atoms. The molecule has 0 aliphatic rings. The molecule has 1 aromatic rings. The smallest absolute Gasteiger partial charge is 0.248 e. The van der Waals surface area contributed by atoms with Gasteiger partial charge in [0.15, 0.2) is 5.69 Å². The molecular formula is C8H7BrN2O3. The summed E-state index contributed by atoms with van der Waals surface area (Å²) in [5.41, 5.74) is 5.43. The summed E-state index contributed by atoms with van der Waals surface area (Å²) in [6.07, 6.45) is 0. The van der Waals surface area contributed by atoms with Crippen LogP contribution < -0.4 is 10.5 Å². The molecule has 0 aliphatic carbocycles. The Labute approximate surface area is 88.3 Å². The van der Waals surface area contributed by atoms with Gasteiger partial charge in [-0.2, -0.15) is 0 Å². The Morgan fingerprint density at radius 2 is 2.21 bits per heavy atom. The molecule has 0 heterocycles. The van der Waals surface area contributed by atoms with Crippen LogP contribution in [0.15, 0.2) is 21.8 Å². The van der Waals surface area contributed by atoms with Crippen LogP contribution in [0, 0.1) is 4.91 Å². The minimum absolute atomic E-state index is 0.109. The number of amides is 1. The number of primary amides is 1. The normalized spacial score (nSPS) is 9.57. The van der Waals surface area contributed by atoms with Crippen LogP contribution in [0.25, 0.3) is 0 Å². The molecule has 2 N–H and O–H groups in total. The Morgan fingerprint density at radius 3 is 2.64 bits per heavy atom. The molecule has 0 radical (unpaired) electrons. The number of benzene rings is 1. The molecule has 6 heteroatoms. The molecule has 5 nitrogen and oxygen atoms in total. The standard InChI is InChI=1S/C8H7BrN2O3/c1-14-6-3-4(8(10)12)2-5(9)7(6)11-13/h2-3H,1H3,(H2,10,12). The van der Waals surface area contributed by atoms with E-state index in [1.165, 1.54) is 19.2 Å². The summed E-state index contributed by atoms with van der Waals surface area (Å²) < 4.78 is 5.25. The van der Waals surface area contributed by atoms with Crippen LogP contribution in [0.2, 0.25) is 0 Å². The minimum atomic E-state index is -0.596. The van der Waals surface area contributed by atoms with E-state index < -0.39 is 5.91 Å². The molecule has 0 fully saturated rings. The molecule has 0 spiro atoms. The van der Waals surface area contributed by atoms with E-state index in [1.54, 1.807) is 0 Å². The Morgan fingerprint density at radius 1 is 1.57 bits per heavy atom. The van der Waals surface area contributed by atoms with E-state index in [4.69, 9.17) is 10.5 Å². The number of nitrogens with two attached hydrogens (primary N) is 1. The van der Waals surface area contributed by atoms with Crippen molar-refractivity contribution in [1.29, 1.82) is 0 Å². The number of carbonyl (C=O) groups is 1. The number of hydrogen-bond acceptors (Lipinski definition) is 4. The van der Waals surface area contributed by atoms with Gasteiger partial charge in [0.2, 0.25) is 5.91 Å². The SMILES string of the molecule is COc1cc(C(N)=O)cc(Br)c1N=O. The molecule has 0 bridgehead atoms. The molecule has 0 aromatic heterocycles. The van der Waals surface area contributed by atoms with E-state index in [0.717, 1.165) is 0 Å². The highest BCUT2D eigenvalue weighted by Crippen LogP contribution is 2.36. The molecule has 74 valence electrons. The summed E-state index contributed by atoms with van der Waals surface area (Å²) in [7, 11) is 1.38. The summed E-state index contributed by atoms with van der Waals surface area (Å²) in [6.45, 7) is 0. The molecule has 1 rings (SSSR count). The zero-order chi connectivity index (χ0) is 10.7. The van der Waals surface area contributed by atoms with Gasteiger partial charge in [-0.1, -0.05) is 0 Å². The summed E-state index contributed by atoms with van der Waals surface area (Å²) in [5, 5.41) is 2.77. The largest absolute Gasteiger partial charge is 0.494 e. The van der Waals surface area contributed by atoms with Crippen molar-refractivity contribution in [3.05, 3.63) is 27.1 Å². The van der Waals surface area contributed by atoms with Gasteiger partial charge >= 0.3 is 0 Å². The lowest BCUT2D eigenvalue weighted by Crippen LogP contribution is -2.10. The Kier molecular flexibility index (Phi) is 3.19. The molecule has 0 saturated carbocycles. The highest BCUT2D eigenvalue weighted by Gasteiger charge is 2.12. The number of nitrogens with zero attached hydrogens (tertiary/aromatic N) is 1. The molecule has 1 amide bonds. The van der Waals surface area contributed by atoms with Crippen LogP contribution in [0.4, 0.5) is 5.69 Å². The second-order valence-electron chi connectivity index (χ2n) is 2.46. The van der Waals surface area contributed by atoms with Crippen molar-refractivity contribution in [1.82, 2.24) is 0 Å². The lowest BCUT2D eigenvalue weighted by atomic mass is 10.2. The Hall–Kier alpha value is -1.43. The van der Waals surface area contributed by atoms with Gasteiger partial charge in [0.1, 0.15) is 5.75 Å². The third kappa shape index (κ3) is 1.90. The fourth-order valence-electron chi connectivity index (χ4n) is 0.960. The van der Waals surface area contributed by atoms with Crippen LogP contribution in [0.3, 0.4) is 0 Å². The van der Waals surface area contributed by atoms with Gasteiger partial charge < -0.3 is 10.5 Å². The average Bonchev–Trinajstić information content (AvgIpc) is 2.16. The average molecular weight is 259 g/mol. The van der Waals surface area contributed by atoms with Crippen molar-refractivity contribution in [2.75, 3.05) is 7.11 Å². The zero-order valence-electron chi connectivity index (χ0n) is 7.28. The van der Waals surface area contributed by atoms with E-state index in [-0.39, 0.29) is 17.0 Å². The van der Waals surface area contributed by atoms with Gasteiger partial charge in [0, 0.05) is 5.56 Å². The van der Waals surface area contributed by atoms with Crippen molar-refractivity contribution >= 4 is 27.5 Å². The number of methoxy groups -OCH3 is 1. The predicted octanol–water partition coefficient (Wildman–Crippen LogP) is 1.95. The fourth-order valence-corrected chi connectivity index (χ4v) is 1.47. The summed E-state index contributed by atoms with van der Waals surface area (Å²) >= 11 is 3.09. The lowest BCUT2D eigenvalue weighted by Gasteiger charge is -2.05. The maximum Gasteiger partial charge on any atom is 0.248 e. The van der Waals surface area contributed by atoms with Gasteiger partial charge in [-0.05, 0) is 33.2 Å². The maximum atomic E-state index is 10.9. The van der Waals surface area contributed by atoms with Crippen LogP contribution in [0.1, 0.15) is 10.4 Å². The van der Waals surface area contributed by atoms with Gasteiger partial charge in [-0.25, -0.2) is 0 Å². The fraction of sp³-hybridized carbons (Fsp3) is 0.125. The first-order valence-electron chi connectivity index (χ1n) is 3.61. The van der Waals surface area contributed by atoms with Gasteiger partial charge in [0.25, 0.3) is 0 Å². The number of hydrogen-bond donors (Lipinski definition) is 1. The number of halogens is 1. The third-order valence-corrected chi connectivity index (χ3v) is 2.23. The number of ether oxygens (including phenoxy) is 1. The quantitative estimate of drug-likeness (QED) is 0.842. The Balaban J connectivity index is 3.38. The summed E-state index contributed by atoms with van der Waals surface area (Å²) in [6, 6.07) is 2.78. The first kappa shape index (κ1) is 10.6. The van der Waals surface area contributed by atoms with Crippen LogP contribution >= 0.6 is 15.9 Å². The van der Waals surface area contributed by atoms with E-state index >= 15 is 0 Å². The second-order valence-corrected chi connectivity index (χ2v) is 3.32. The van der Waals surface area contributed by atoms with E-state index in [9.17, 15) is 9.70 Å². The molecule has 1 aromatic carbocycles. The van der Waals surface area contributed by atoms with E-state index in [0.29, 0.717) is 4.47 Å². The summed E-state index contributed by atoms with van der Waals surface area (Å²) in [4.78, 5) is 21.3. The minimum Gasteiger partial charge on any atom is -0.494 e. The highest BCUT2D eigenvalue weighted by molar-refractivity contribution is 9.10. The molecule has 0 atom stereocenters. The van der Waals surface area contributed by atoms with Crippen molar-refractivity contribution in [2.45, 2.75) is 0 Å². The zero-order valence-corrected chi connectivity index (χ0v) is 8.87. The first-order chi connectivity index (χ1) is 6.60. The lowest BCUT2D eigenvalue weighted by molar-refractivity contribution is 0.1000. The van der Waals surface area contributed by atoms with E-state index in [2.05, 4.69) is 21.1 Å². The number of rotatable bonds is 3. The molecule has 0 saturated heterocycles. The van der Waals surface area contributed by atoms with E-state index in [1.807, 2.05) is 0 Å². The monoisotopic (exact) mass is 258 g/mol.